The predicted octanol–water partition coefficient (Wildman–Crippen LogP) is 0.829. The zero-order chi connectivity index (χ0) is 9.84. The van der Waals surface area contributed by atoms with Gasteiger partial charge in [-0.15, -0.1) is 0 Å². The Kier molecular flexibility index (Phi) is 3.36. The van der Waals surface area contributed by atoms with E-state index in [1.54, 1.807) is 12.5 Å². The lowest BCUT2D eigenvalue weighted by atomic mass is 10.2. The molecule has 4 nitrogen and oxygen atoms in total. The van der Waals surface area contributed by atoms with Crippen LogP contribution >= 0.6 is 12.6 Å². The van der Waals surface area contributed by atoms with Crippen molar-refractivity contribution in [3.05, 3.63) is 18.2 Å². The maximum absolute atomic E-state index is 10.5. The van der Waals surface area contributed by atoms with E-state index in [9.17, 15) is 4.79 Å². The van der Waals surface area contributed by atoms with Crippen molar-refractivity contribution in [2.75, 3.05) is 0 Å². The van der Waals surface area contributed by atoms with Gasteiger partial charge in [0.2, 0.25) is 0 Å². The summed E-state index contributed by atoms with van der Waals surface area (Å²) >= 11 is 3.96. The van der Waals surface area contributed by atoms with Gasteiger partial charge in [-0.05, 0) is 6.92 Å². The summed E-state index contributed by atoms with van der Waals surface area (Å²) in [5.74, 6) is -0.896. The normalized spacial score (nSPS) is 12.8. The van der Waals surface area contributed by atoms with Crippen LogP contribution in [-0.4, -0.2) is 25.9 Å². The van der Waals surface area contributed by atoms with Crippen LogP contribution in [0.25, 0.3) is 0 Å². The zero-order valence-corrected chi connectivity index (χ0v) is 8.24. The molecule has 1 unspecified atom stereocenters. The monoisotopic (exact) mass is 200 g/mol. The van der Waals surface area contributed by atoms with Gasteiger partial charge in [0, 0.05) is 24.9 Å². The third kappa shape index (κ3) is 2.48. The number of aliphatic carboxylic acids is 1. The van der Waals surface area contributed by atoms with Crippen molar-refractivity contribution in [1.82, 2.24) is 9.55 Å². The van der Waals surface area contributed by atoms with Crippen LogP contribution in [-0.2, 0) is 17.8 Å². The number of thiol groups is 1. The largest absolute Gasteiger partial charge is 0.480 e. The lowest BCUT2D eigenvalue weighted by Gasteiger charge is -2.07. The molecule has 5 heteroatoms. The maximum Gasteiger partial charge on any atom is 0.316 e. The summed E-state index contributed by atoms with van der Waals surface area (Å²) < 4.78 is 1.91. The molecule has 1 N–H and O–H groups in total. The molecule has 0 aliphatic heterocycles. The van der Waals surface area contributed by atoms with Crippen molar-refractivity contribution in [2.24, 2.45) is 0 Å². The summed E-state index contributed by atoms with van der Waals surface area (Å²) in [7, 11) is 0. The van der Waals surface area contributed by atoms with Crippen molar-refractivity contribution < 1.29 is 9.90 Å². The number of hydrogen-bond acceptors (Lipinski definition) is 3. The summed E-state index contributed by atoms with van der Waals surface area (Å²) in [5.41, 5.74) is 0.907. The summed E-state index contributed by atoms with van der Waals surface area (Å²) in [6.45, 7) is 2.79. The maximum atomic E-state index is 10.5. The highest BCUT2D eigenvalue weighted by Crippen LogP contribution is 2.07. The number of carbonyl (C=O) groups is 1. The van der Waals surface area contributed by atoms with Crippen LogP contribution in [0.2, 0.25) is 0 Å². The molecule has 0 amide bonds. The molecule has 0 aromatic carbocycles. The first kappa shape index (κ1) is 10.1. The van der Waals surface area contributed by atoms with E-state index in [2.05, 4.69) is 17.6 Å². The van der Waals surface area contributed by atoms with E-state index >= 15 is 0 Å². The van der Waals surface area contributed by atoms with Crippen LogP contribution in [0.15, 0.2) is 12.5 Å². The van der Waals surface area contributed by atoms with Crippen molar-refractivity contribution >= 4 is 18.6 Å². The third-order valence-electron chi connectivity index (χ3n) is 1.83. The molecule has 0 bridgehead atoms. The molecule has 1 aromatic heterocycles. The molecule has 0 aliphatic rings. The first-order chi connectivity index (χ1) is 6.15. The van der Waals surface area contributed by atoms with Crippen LogP contribution in [0.4, 0.5) is 0 Å². The molecule has 0 spiro atoms. The molecule has 0 saturated carbocycles. The van der Waals surface area contributed by atoms with E-state index in [0.717, 1.165) is 12.2 Å². The number of aromatic nitrogens is 2. The Hall–Kier alpha value is -0.970. The van der Waals surface area contributed by atoms with Gasteiger partial charge >= 0.3 is 5.97 Å². The number of aryl methyl sites for hydroxylation is 1. The molecule has 13 heavy (non-hydrogen) atoms. The Morgan fingerprint density at radius 3 is 3.08 bits per heavy atom. The van der Waals surface area contributed by atoms with Gasteiger partial charge in [-0.25, -0.2) is 4.98 Å². The van der Waals surface area contributed by atoms with Crippen LogP contribution in [0.3, 0.4) is 0 Å². The second-order valence-electron chi connectivity index (χ2n) is 2.73. The topological polar surface area (TPSA) is 55.1 Å². The van der Waals surface area contributed by atoms with E-state index in [1.165, 1.54) is 0 Å². The number of hydrogen-bond donors (Lipinski definition) is 2. The second kappa shape index (κ2) is 4.32. The predicted molar refractivity (Wildman–Crippen MR) is 52.0 cm³/mol. The fourth-order valence-corrected chi connectivity index (χ4v) is 1.28. The van der Waals surface area contributed by atoms with Gasteiger partial charge < -0.3 is 9.67 Å². The summed E-state index contributed by atoms with van der Waals surface area (Å²) in [6, 6.07) is 0. The molecular weight excluding hydrogens is 188 g/mol. The molecule has 0 radical (unpaired) electrons. The highest BCUT2D eigenvalue weighted by Gasteiger charge is 2.14. The van der Waals surface area contributed by atoms with Gasteiger partial charge in [0.25, 0.3) is 0 Å². The fourth-order valence-electron chi connectivity index (χ4n) is 1.09. The van der Waals surface area contributed by atoms with E-state index < -0.39 is 11.2 Å². The Balaban J connectivity index is 2.68. The minimum absolute atomic E-state index is 0.409. The summed E-state index contributed by atoms with van der Waals surface area (Å²) in [6.07, 6.45) is 3.78. The Labute approximate surface area is 82.0 Å². The number of rotatable bonds is 4. The molecule has 0 saturated heterocycles. The molecule has 72 valence electrons. The molecule has 1 atom stereocenters. The van der Waals surface area contributed by atoms with Gasteiger partial charge in [0.1, 0.15) is 5.25 Å². The van der Waals surface area contributed by atoms with Crippen molar-refractivity contribution in [3.63, 3.8) is 0 Å². The van der Waals surface area contributed by atoms with Gasteiger partial charge in [-0.1, -0.05) is 0 Å². The first-order valence-corrected chi connectivity index (χ1v) is 4.56. The highest BCUT2D eigenvalue weighted by molar-refractivity contribution is 7.81. The third-order valence-corrected chi connectivity index (χ3v) is 2.23. The Bertz CT molecular complexity index is 298. The number of nitrogens with zero attached hydrogens (tertiary/aromatic N) is 2. The second-order valence-corrected chi connectivity index (χ2v) is 3.35. The average molecular weight is 200 g/mol. The SMILES string of the molecule is CCn1cncc1CC(S)C(=O)O. The van der Waals surface area contributed by atoms with Gasteiger partial charge in [0.05, 0.1) is 6.33 Å². The van der Waals surface area contributed by atoms with Crippen LogP contribution in [0.1, 0.15) is 12.6 Å². The standard InChI is InChI=1S/C8H12N2O2S/c1-2-10-5-9-4-6(10)3-7(13)8(11)12/h4-5,7,13H,2-3H2,1H3,(H,11,12). The number of imidazole rings is 1. The van der Waals surface area contributed by atoms with E-state index in [4.69, 9.17) is 5.11 Å². The van der Waals surface area contributed by atoms with Crippen LogP contribution < -0.4 is 0 Å². The van der Waals surface area contributed by atoms with E-state index in [0.29, 0.717) is 6.42 Å². The van der Waals surface area contributed by atoms with Crippen molar-refractivity contribution in [1.29, 1.82) is 0 Å². The first-order valence-electron chi connectivity index (χ1n) is 4.05. The molecule has 1 heterocycles. The van der Waals surface area contributed by atoms with E-state index in [-0.39, 0.29) is 0 Å². The minimum atomic E-state index is -0.896. The van der Waals surface area contributed by atoms with Gasteiger partial charge in [-0.2, -0.15) is 12.6 Å². The molecular formula is C8H12N2O2S. The van der Waals surface area contributed by atoms with Gasteiger partial charge in [0.15, 0.2) is 0 Å². The lowest BCUT2D eigenvalue weighted by molar-refractivity contribution is -0.136. The minimum Gasteiger partial charge on any atom is -0.480 e. The van der Waals surface area contributed by atoms with Crippen LogP contribution in [0.5, 0.6) is 0 Å². The smallest absolute Gasteiger partial charge is 0.316 e. The quantitative estimate of drug-likeness (QED) is 0.708. The van der Waals surface area contributed by atoms with E-state index in [1.807, 2.05) is 11.5 Å². The number of carboxylic acid groups (broad SMARTS) is 1. The molecule has 1 rings (SSSR count). The highest BCUT2D eigenvalue weighted by atomic mass is 32.1. The molecule has 0 fully saturated rings. The Morgan fingerprint density at radius 2 is 2.54 bits per heavy atom. The Morgan fingerprint density at radius 1 is 1.85 bits per heavy atom. The van der Waals surface area contributed by atoms with Gasteiger partial charge in [-0.3, -0.25) is 4.79 Å². The summed E-state index contributed by atoms with van der Waals surface area (Å²) in [4.78, 5) is 14.5. The summed E-state index contributed by atoms with van der Waals surface area (Å²) in [5, 5.41) is 7.99. The number of carboxylic acids is 1. The molecule has 1 aromatic rings. The zero-order valence-electron chi connectivity index (χ0n) is 7.34. The van der Waals surface area contributed by atoms with Crippen LogP contribution in [0, 0.1) is 0 Å². The molecule has 0 aliphatic carbocycles. The van der Waals surface area contributed by atoms with Crippen molar-refractivity contribution in [3.8, 4) is 0 Å². The fraction of sp³-hybridized carbons (Fsp3) is 0.500. The average Bonchev–Trinajstić information content (AvgIpc) is 2.51. The van der Waals surface area contributed by atoms with Crippen molar-refractivity contribution in [2.45, 2.75) is 25.1 Å². The lowest BCUT2D eigenvalue weighted by Crippen LogP contribution is -2.18.